The van der Waals surface area contributed by atoms with Gasteiger partial charge in [0.2, 0.25) is 5.91 Å². The van der Waals surface area contributed by atoms with E-state index in [4.69, 9.17) is 16.3 Å². The number of aromatic hydroxyl groups is 1. The molecule has 2 N–H and O–H groups in total. The summed E-state index contributed by atoms with van der Waals surface area (Å²) < 4.78 is 34.9. The molecule has 1 heterocycles. The van der Waals surface area contributed by atoms with Gasteiger partial charge in [0, 0.05) is 10.7 Å². The van der Waals surface area contributed by atoms with Gasteiger partial charge in [0.1, 0.15) is 11.4 Å². The number of nitrogens with one attached hydrogen (secondary N) is 1. The molecule has 0 spiro atoms. The predicted molar refractivity (Wildman–Crippen MR) is 148 cm³/mol. The Hall–Kier alpha value is -4.09. The number of phenols is 1. The molecular formula is C27H22ClF2N3O5S. The average molecular weight is 574 g/mol. The summed E-state index contributed by atoms with van der Waals surface area (Å²) in [6, 6.07) is 16.8. The van der Waals surface area contributed by atoms with E-state index in [9.17, 15) is 23.5 Å². The molecule has 39 heavy (non-hydrogen) atoms. The Morgan fingerprint density at radius 2 is 1.95 bits per heavy atom. The van der Waals surface area contributed by atoms with Gasteiger partial charge in [-0.1, -0.05) is 35.5 Å². The Morgan fingerprint density at radius 3 is 2.64 bits per heavy atom. The fraction of sp³-hybridized carbons (Fsp3) is 0.148. The van der Waals surface area contributed by atoms with Crippen LogP contribution in [-0.4, -0.2) is 41.1 Å². The zero-order chi connectivity index (χ0) is 27.9. The Balaban J connectivity index is 1.60. The molecule has 12 heteroatoms. The largest absolute Gasteiger partial charge is 0.504 e. The summed E-state index contributed by atoms with van der Waals surface area (Å²) >= 11 is 6.99. The molecule has 0 saturated carbocycles. The van der Waals surface area contributed by atoms with Crippen molar-refractivity contribution < 1.29 is 33.0 Å². The van der Waals surface area contributed by atoms with E-state index >= 15 is 0 Å². The number of phenolic OH excluding ortho intramolecular Hbond substituents is 1. The molecule has 1 aliphatic rings. The molecule has 4 rings (SSSR count). The van der Waals surface area contributed by atoms with Crippen LogP contribution in [0.2, 0.25) is 5.02 Å². The number of thioether (sulfide) groups is 1. The number of halogens is 3. The minimum atomic E-state index is -2.99. The smallest absolute Gasteiger partial charge is 0.387 e. The van der Waals surface area contributed by atoms with Crippen molar-refractivity contribution in [3.05, 3.63) is 83.0 Å². The highest BCUT2D eigenvalue weighted by Crippen LogP contribution is 2.33. The van der Waals surface area contributed by atoms with Crippen LogP contribution in [0.1, 0.15) is 12.5 Å². The maximum absolute atomic E-state index is 13.4. The van der Waals surface area contributed by atoms with E-state index < -0.39 is 12.5 Å². The van der Waals surface area contributed by atoms with Crippen molar-refractivity contribution in [2.75, 3.05) is 22.6 Å². The van der Waals surface area contributed by atoms with Crippen molar-refractivity contribution in [2.24, 2.45) is 4.99 Å². The first-order valence-electron chi connectivity index (χ1n) is 11.6. The van der Waals surface area contributed by atoms with Crippen LogP contribution < -0.4 is 19.7 Å². The number of hydrogen-bond donors (Lipinski definition) is 2. The quantitative estimate of drug-likeness (QED) is 0.297. The van der Waals surface area contributed by atoms with Gasteiger partial charge in [-0.2, -0.15) is 8.78 Å². The lowest BCUT2D eigenvalue weighted by molar-refractivity contribution is -0.114. The molecule has 0 unspecified atom stereocenters. The minimum Gasteiger partial charge on any atom is -0.504 e. The summed E-state index contributed by atoms with van der Waals surface area (Å²) in [5, 5.41) is 13.4. The lowest BCUT2D eigenvalue weighted by Gasteiger charge is -2.18. The molecule has 0 bridgehead atoms. The molecule has 0 atom stereocenters. The lowest BCUT2D eigenvalue weighted by atomic mass is 10.1. The van der Waals surface area contributed by atoms with Crippen molar-refractivity contribution in [3.63, 3.8) is 0 Å². The third-order valence-electron chi connectivity index (χ3n) is 5.18. The van der Waals surface area contributed by atoms with E-state index in [1.54, 1.807) is 43.3 Å². The zero-order valence-electron chi connectivity index (χ0n) is 20.4. The molecule has 0 aliphatic carbocycles. The van der Waals surface area contributed by atoms with Gasteiger partial charge in [-0.15, -0.1) is 0 Å². The second kappa shape index (κ2) is 12.6. The first-order valence-corrected chi connectivity index (χ1v) is 12.9. The Labute approximate surface area is 231 Å². The number of amidine groups is 1. The minimum absolute atomic E-state index is 0.0463. The molecule has 0 fully saturated rings. The molecule has 0 aromatic heterocycles. The van der Waals surface area contributed by atoms with E-state index in [1.165, 1.54) is 41.3 Å². The molecule has 202 valence electrons. The number of carbonyl (C=O) groups excluding carboxylic acids is 2. The number of rotatable bonds is 9. The number of hydrogen-bond acceptors (Lipinski definition) is 7. The van der Waals surface area contributed by atoms with Crippen LogP contribution >= 0.6 is 23.4 Å². The highest BCUT2D eigenvalue weighted by Gasteiger charge is 2.32. The fourth-order valence-corrected chi connectivity index (χ4v) is 4.54. The molecule has 0 saturated heterocycles. The molecule has 3 aromatic carbocycles. The Morgan fingerprint density at radius 1 is 1.18 bits per heavy atom. The van der Waals surface area contributed by atoms with Gasteiger partial charge in [-0.3, -0.25) is 14.5 Å². The SMILES string of the molecule is CCOc1cc(C=C2N=C(SCC(=O)Nc3cccc(Cl)c3)N(c3ccc(OC(F)F)cc3)C2=O)ccc1O. The first kappa shape index (κ1) is 27.9. The number of ether oxygens (including phenoxy) is 2. The van der Waals surface area contributed by atoms with Gasteiger partial charge in [0.15, 0.2) is 16.7 Å². The number of nitrogens with zero attached hydrogens (tertiary/aromatic N) is 2. The van der Waals surface area contributed by atoms with E-state index in [-0.39, 0.29) is 39.8 Å². The van der Waals surface area contributed by atoms with Gasteiger partial charge >= 0.3 is 6.61 Å². The molecule has 0 radical (unpaired) electrons. The number of amides is 2. The third-order valence-corrected chi connectivity index (χ3v) is 6.35. The summed E-state index contributed by atoms with van der Waals surface area (Å²) in [6.45, 7) is -0.880. The van der Waals surface area contributed by atoms with Crippen molar-refractivity contribution in [1.82, 2.24) is 0 Å². The molecule has 1 aliphatic heterocycles. The van der Waals surface area contributed by atoms with E-state index in [0.717, 1.165) is 11.8 Å². The van der Waals surface area contributed by atoms with Crippen LogP contribution in [0.4, 0.5) is 20.2 Å². The van der Waals surface area contributed by atoms with Crippen LogP contribution in [0, 0.1) is 0 Å². The Bertz CT molecular complexity index is 1430. The van der Waals surface area contributed by atoms with Gasteiger partial charge in [-0.05, 0) is 73.2 Å². The number of carbonyl (C=O) groups is 2. The normalized spacial score (nSPS) is 14.1. The van der Waals surface area contributed by atoms with E-state index in [2.05, 4.69) is 15.0 Å². The van der Waals surface area contributed by atoms with Crippen LogP contribution in [-0.2, 0) is 9.59 Å². The molecular weight excluding hydrogens is 552 g/mol. The number of aliphatic imine (C=N–C) groups is 1. The van der Waals surface area contributed by atoms with E-state index in [0.29, 0.717) is 28.6 Å². The summed E-state index contributed by atoms with van der Waals surface area (Å²) in [5.74, 6) is -0.801. The monoisotopic (exact) mass is 573 g/mol. The standard InChI is InChI=1S/C27H22ClF2N3O5S/c1-2-37-23-13-16(6-11-22(23)34)12-21-25(36)33(19-7-9-20(10-8-19)38-26(29)30)27(32-21)39-15-24(35)31-18-5-3-4-17(28)14-18/h3-14,26,34H,2,15H2,1H3,(H,31,35). The number of alkyl halides is 2. The third kappa shape index (κ3) is 7.27. The zero-order valence-corrected chi connectivity index (χ0v) is 22.0. The second-order valence-corrected chi connectivity index (χ2v) is 9.32. The van der Waals surface area contributed by atoms with Crippen LogP contribution in [0.5, 0.6) is 17.2 Å². The van der Waals surface area contributed by atoms with Crippen molar-refractivity contribution in [3.8, 4) is 17.2 Å². The van der Waals surface area contributed by atoms with Crippen molar-refractivity contribution >= 4 is 57.8 Å². The summed E-state index contributed by atoms with van der Waals surface area (Å²) in [6.07, 6.45) is 1.52. The van der Waals surface area contributed by atoms with Gasteiger partial charge in [-0.25, -0.2) is 4.99 Å². The van der Waals surface area contributed by atoms with Crippen molar-refractivity contribution in [1.29, 1.82) is 0 Å². The van der Waals surface area contributed by atoms with Crippen molar-refractivity contribution in [2.45, 2.75) is 13.5 Å². The second-order valence-electron chi connectivity index (χ2n) is 7.94. The average Bonchev–Trinajstić information content (AvgIpc) is 3.19. The molecule has 3 aromatic rings. The van der Waals surface area contributed by atoms with Crippen LogP contribution in [0.15, 0.2) is 77.4 Å². The summed E-state index contributed by atoms with van der Waals surface area (Å²) in [7, 11) is 0. The van der Waals surface area contributed by atoms with Gasteiger partial charge in [0.25, 0.3) is 5.91 Å². The summed E-state index contributed by atoms with van der Waals surface area (Å²) in [4.78, 5) is 31.7. The maximum Gasteiger partial charge on any atom is 0.387 e. The van der Waals surface area contributed by atoms with Crippen LogP contribution in [0.3, 0.4) is 0 Å². The number of anilines is 2. The maximum atomic E-state index is 13.4. The number of benzene rings is 3. The lowest BCUT2D eigenvalue weighted by Crippen LogP contribution is -2.31. The predicted octanol–water partition coefficient (Wildman–Crippen LogP) is 6.16. The Kier molecular flexibility index (Phi) is 9.05. The topological polar surface area (TPSA) is 100 Å². The highest BCUT2D eigenvalue weighted by molar-refractivity contribution is 8.14. The fourth-order valence-electron chi connectivity index (χ4n) is 3.54. The molecule has 8 nitrogen and oxygen atoms in total. The molecule has 2 amide bonds. The summed E-state index contributed by atoms with van der Waals surface area (Å²) in [5.41, 5.74) is 1.47. The van der Waals surface area contributed by atoms with E-state index in [1.807, 2.05) is 0 Å². The van der Waals surface area contributed by atoms with Gasteiger partial charge in [0.05, 0.1) is 18.0 Å². The first-order chi connectivity index (χ1) is 18.7. The van der Waals surface area contributed by atoms with Gasteiger partial charge < -0.3 is 19.9 Å². The highest BCUT2D eigenvalue weighted by atomic mass is 35.5. The van der Waals surface area contributed by atoms with Crippen LogP contribution in [0.25, 0.3) is 6.08 Å².